The molecule has 7 nitrogen and oxygen atoms in total. The third kappa shape index (κ3) is 3.46. The number of nitrogens with one attached hydrogen (secondary N) is 1. The van der Waals surface area contributed by atoms with E-state index in [1.165, 1.54) is 0 Å². The van der Waals surface area contributed by atoms with Gasteiger partial charge in [-0.05, 0) is 29.7 Å². The molecule has 1 aliphatic heterocycles. The zero-order valence-corrected chi connectivity index (χ0v) is 15.0. The first-order valence-corrected chi connectivity index (χ1v) is 8.28. The number of carbonyl (C=O) groups excluding carboxylic acids is 2. The van der Waals surface area contributed by atoms with Crippen molar-refractivity contribution in [3.63, 3.8) is 0 Å². The van der Waals surface area contributed by atoms with E-state index in [9.17, 15) is 9.59 Å². The van der Waals surface area contributed by atoms with Gasteiger partial charge >= 0.3 is 0 Å². The summed E-state index contributed by atoms with van der Waals surface area (Å²) in [6.45, 7) is 2.63. The minimum atomic E-state index is -0.238. The number of hydrogen-bond acceptors (Lipinski definition) is 5. The van der Waals surface area contributed by atoms with Crippen LogP contribution in [0, 0.1) is 0 Å². The van der Waals surface area contributed by atoms with Crippen molar-refractivity contribution in [3.8, 4) is 11.5 Å². The lowest BCUT2D eigenvalue weighted by Gasteiger charge is -2.28. The molecule has 1 aliphatic rings. The van der Waals surface area contributed by atoms with Crippen molar-refractivity contribution in [1.29, 1.82) is 0 Å². The molecule has 0 spiro atoms. The van der Waals surface area contributed by atoms with Crippen LogP contribution in [0.25, 0.3) is 0 Å². The van der Waals surface area contributed by atoms with Crippen LogP contribution in [-0.2, 0) is 17.8 Å². The van der Waals surface area contributed by atoms with Gasteiger partial charge in [-0.25, -0.2) is 0 Å². The number of aromatic nitrogens is 1. The molecule has 0 saturated heterocycles. The number of fused-ring (bicyclic) bond motifs is 1. The summed E-state index contributed by atoms with van der Waals surface area (Å²) in [6.07, 6.45) is 3.92. The van der Waals surface area contributed by atoms with Gasteiger partial charge in [-0.2, -0.15) is 0 Å². The standard InChI is InChI=1S/C19H21N3O4/c1-12(23)22-7-6-15-13(11-22)9-20-10-16(15)19(24)21-14-4-5-17(25-2)18(8-14)26-3/h4-5,8-10H,6-7,11H2,1-3H3,(H,21,24). The smallest absolute Gasteiger partial charge is 0.257 e. The van der Waals surface area contributed by atoms with Gasteiger partial charge < -0.3 is 19.7 Å². The number of pyridine rings is 1. The second kappa shape index (κ2) is 7.43. The molecular weight excluding hydrogens is 334 g/mol. The van der Waals surface area contributed by atoms with Crippen LogP contribution in [0.15, 0.2) is 30.6 Å². The molecule has 0 atom stereocenters. The van der Waals surface area contributed by atoms with Crippen LogP contribution in [0.5, 0.6) is 11.5 Å². The average molecular weight is 355 g/mol. The van der Waals surface area contributed by atoms with E-state index in [2.05, 4.69) is 10.3 Å². The second-order valence-electron chi connectivity index (χ2n) is 6.04. The fourth-order valence-corrected chi connectivity index (χ4v) is 3.07. The maximum absolute atomic E-state index is 12.8. The number of ether oxygens (including phenoxy) is 2. The molecule has 0 unspecified atom stereocenters. The number of methoxy groups -OCH3 is 2. The Morgan fingerprint density at radius 2 is 1.92 bits per heavy atom. The van der Waals surface area contributed by atoms with Gasteiger partial charge in [0.15, 0.2) is 11.5 Å². The summed E-state index contributed by atoms with van der Waals surface area (Å²) < 4.78 is 10.5. The number of rotatable bonds is 4. The van der Waals surface area contributed by atoms with Crippen molar-refractivity contribution in [2.75, 3.05) is 26.1 Å². The summed E-state index contributed by atoms with van der Waals surface area (Å²) in [5, 5.41) is 2.87. The normalized spacial score (nSPS) is 13.0. The van der Waals surface area contributed by atoms with Crippen molar-refractivity contribution in [2.45, 2.75) is 19.9 Å². The zero-order valence-electron chi connectivity index (χ0n) is 15.0. The predicted octanol–water partition coefficient (Wildman–Crippen LogP) is 2.26. The molecule has 1 aromatic heterocycles. The summed E-state index contributed by atoms with van der Waals surface area (Å²) in [7, 11) is 3.10. The Balaban J connectivity index is 1.83. The third-order valence-electron chi connectivity index (χ3n) is 4.47. The predicted molar refractivity (Wildman–Crippen MR) is 96.5 cm³/mol. The Morgan fingerprint density at radius 1 is 1.15 bits per heavy atom. The van der Waals surface area contributed by atoms with Crippen molar-refractivity contribution in [1.82, 2.24) is 9.88 Å². The van der Waals surface area contributed by atoms with Crippen molar-refractivity contribution in [2.24, 2.45) is 0 Å². The van der Waals surface area contributed by atoms with E-state index >= 15 is 0 Å². The highest BCUT2D eigenvalue weighted by Gasteiger charge is 2.23. The van der Waals surface area contributed by atoms with Crippen LogP contribution >= 0.6 is 0 Å². The van der Waals surface area contributed by atoms with E-state index in [0.717, 1.165) is 11.1 Å². The Kier molecular flexibility index (Phi) is 5.06. The molecule has 26 heavy (non-hydrogen) atoms. The Bertz CT molecular complexity index is 851. The SMILES string of the molecule is COc1ccc(NC(=O)c2cncc3c2CCN(C(C)=O)C3)cc1OC. The lowest BCUT2D eigenvalue weighted by molar-refractivity contribution is -0.129. The molecule has 0 saturated carbocycles. The molecule has 0 aliphatic carbocycles. The highest BCUT2D eigenvalue weighted by molar-refractivity contribution is 6.05. The topological polar surface area (TPSA) is 80.8 Å². The van der Waals surface area contributed by atoms with E-state index in [-0.39, 0.29) is 11.8 Å². The molecule has 0 bridgehead atoms. The Morgan fingerprint density at radius 3 is 2.62 bits per heavy atom. The first kappa shape index (κ1) is 17.7. The molecule has 1 aromatic carbocycles. The van der Waals surface area contributed by atoms with E-state index in [1.54, 1.807) is 56.6 Å². The average Bonchev–Trinajstić information content (AvgIpc) is 2.66. The molecule has 2 amide bonds. The van der Waals surface area contributed by atoms with Crippen molar-refractivity contribution >= 4 is 17.5 Å². The number of carbonyl (C=O) groups is 2. The Hall–Kier alpha value is -3.09. The van der Waals surface area contributed by atoms with Crippen LogP contribution in [0.4, 0.5) is 5.69 Å². The zero-order chi connectivity index (χ0) is 18.7. The summed E-state index contributed by atoms with van der Waals surface area (Å²) in [5.41, 5.74) is 2.98. The van der Waals surface area contributed by atoms with Gasteiger partial charge in [0.25, 0.3) is 5.91 Å². The van der Waals surface area contributed by atoms with Crippen LogP contribution in [0.2, 0.25) is 0 Å². The van der Waals surface area contributed by atoms with E-state index < -0.39 is 0 Å². The van der Waals surface area contributed by atoms with E-state index in [4.69, 9.17) is 9.47 Å². The fourth-order valence-electron chi connectivity index (χ4n) is 3.07. The Labute approximate surface area is 151 Å². The highest BCUT2D eigenvalue weighted by Crippen LogP contribution is 2.30. The third-order valence-corrected chi connectivity index (χ3v) is 4.47. The van der Waals surface area contributed by atoms with Crippen molar-refractivity contribution < 1.29 is 19.1 Å². The van der Waals surface area contributed by atoms with E-state index in [0.29, 0.717) is 42.3 Å². The molecule has 7 heteroatoms. The number of nitrogens with zero attached hydrogens (tertiary/aromatic N) is 2. The number of anilines is 1. The quantitative estimate of drug-likeness (QED) is 0.910. The second-order valence-corrected chi connectivity index (χ2v) is 6.04. The minimum absolute atomic E-state index is 0.0239. The van der Waals surface area contributed by atoms with Gasteiger partial charge in [-0.15, -0.1) is 0 Å². The van der Waals surface area contributed by atoms with Crippen molar-refractivity contribution in [3.05, 3.63) is 47.3 Å². The summed E-state index contributed by atoms with van der Waals surface area (Å²) in [4.78, 5) is 30.3. The van der Waals surface area contributed by atoms with Gasteiger partial charge in [0, 0.05) is 44.2 Å². The number of amides is 2. The van der Waals surface area contributed by atoms with Gasteiger partial charge in [0.1, 0.15) is 0 Å². The minimum Gasteiger partial charge on any atom is -0.493 e. The fraction of sp³-hybridized carbons (Fsp3) is 0.316. The van der Waals surface area contributed by atoms with E-state index in [1.807, 2.05) is 0 Å². The van der Waals surface area contributed by atoms with Crippen LogP contribution < -0.4 is 14.8 Å². The van der Waals surface area contributed by atoms with Gasteiger partial charge in [0.05, 0.1) is 19.8 Å². The molecule has 136 valence electrons. The first-order chi connectivity index (χ1) is 12.5. The molecule has 2 aromatic rings. The van der Waals surface area contributed by atoms with Gasteiger partial charge in [0.2, 0.25) is 5.91 Å². The maximum atomic E-state index is 12.8. The number of benzene rings is 1. The lowest BCUT2D eigenvalue weighted by atomic mass is 9.96. The molecule has 2 heterocycles. The lowest BCUT2D eigenvalue weighted by Crippen LogP contribution is -2.35. The molecule has 1 N–H and O–H groups in total. The molecule has 3 rings (SSSR count). The van der Waals surface area contributed by atoms with Crippen LogP contribution in [-0.4, -0.2) is 42.5 Å². The molecular formula is C19H21N3O4. The maximum Gasteiger partial charge on any atom is 0.257 e. The van der Waals surface area contributed by atoms with Crippen LogP contribution in [0.1, 0.15) is 28.4 Å². The van der Waals surface area contributed by atoms with Crippen LogP contribution in [0.3, 0.4) is 0 Å². The first-order valence-electron chi connectivity index (χ1n) is 8.28. The van der Waals surface area contributed by atoms with Gasteiger partial charge in [-0.3, -0.25) is 14.6 Å². The monoisotopic (exact) mass is 355 g/mol. The summed E-state index contributed by atoms with van der Waals surface area (Å²) in [5.74, 6) is 0.915. The number of hydrogen-bond donors (Lipinski definition) is 1. The summed E-state index contributed by atoms with van der Waals surface area (Å²) in [6, 6.07) is 5.19. The summed E-state index contributed by atoms with van der Waals surface area (Å²) >= 11 is 0. The van der Waals surface area contributed by atoms with Gasteiger partial charge in [-0.1, -0.05) is 0 Å². The molecule has 0 radical (unpaired) electrons. The highest BCUT2D eigenvalue weighted by atomic mass is 16.5. The molecule has 0 fully saturated rings. The largest absolute Gasteiger partial charge is 0.493 e.